The molecule has 1 heterocycles. The molecule has 7 nitrogen and oxygen atoms in total. The number of nitrogens with zero attached hydrogens (tertiary/aromatic N) is 2. The third-order valence-electron chi connectivity index (χ3n) is 1.98. The van der Waals surface area contributed by atoms with Gasteiger partial charge in [0.2, 0.25) is 0 Å². The SMILES string of the molecule is COC(=O)Cc1csc(NS(=O)(=O)C(C)C#N)n1. The zero-order valence-corrected chi connectivity index (χ0v) is 11.3. The maximum atomic E-state index is 11.6. The van der Waals surface area contributed by atoms with Crippen molar-refractivity contribution in [3.63, 3.8) is 0 Å². The van der Waals surface area contributed by atoms with Crippen LogP contribution in [0, 0.1) is 11.3 Å². The van der Waals surface area contributed by atoms with E-state index in [0.717, 1.165) is 11.3 Å². The summed E-state index contributed by atoms with van der Waals surface area (Å²) < 4.78 is 29.8. The molecule has 0 aliphatic carbocycles. The fourth-order valence-electron chi connectivity index (χ4n) is 0.935. The molecular weight excluding hydrogens is 278 g/mol. The molecule has 18 heavy (non-hydrogen) atoms. The highest BCUT2D eigenvalue weighted by molar-refractivity contribution is 7.93. The lowest BCUT2D eigenvalue weighted by atomic mass is 10.3. The number of carbonyl (C=O) groups excluding carboxylic acids is 1. The number of nitrogens with one attached hydrogen (secondary N) is 1. The molecule has 0 amide bonds. The Kier molecular flexibility index (Phi) is 4.63. The van der Waals surface area contributed by atoms with Crippen molar-refractivity contribution in [3.05, 3.63) is 11.1 Å². The first-order valence-corrected chi connectivity index (χ1v) is 7.24. The van der Waals surface area contributed by atoms with E-state index >= 15 is 0 Å². The molecule has 0 saturated carbocycles. The number of nitriles is 1. The first-order valence-electron chi connectivity index (χ1n) is 4.81. The highest BCUT2D eigenvalue weighted by Gasteiger charge is 2.21. The third kappa shape index (κ3) is 3.68. The Bertz CT molecular complexity index is 573. The minimum absolute atomic E-state index is 0.0253. The van der Waals surface area contributed by atoms with Crippen LogP contribution in [0.3, 0.4) is 0 Å². The van der Waals surface area contributed by atoms with Crippen LogP contribution in [-0.2, 0) is 26.0 Å². The predicted molar refractivity (Wildman–Crippen MR) is 65.5 cm³/mol. The average Bonchev–Trinajstić information content (AvgIpc) is 2.74. The van der Waals surface area contributed by atoms with Crippen molar-refractivity contribution < 1.29 is 17.9 Å². The summed E-state index contributed by atoms with van der Waals surface area (Å²) in [5.74, 6) is -0.458. The van der Waals surface area contributed by atoms with Crippen molar-refractivity contribution >= 4 is 32.5 Å². The lowest BCUT2D eigenvalue weighted by Gasteiger charge is -2.05. The molecule has 0 radical (unpaired) electrons. The van der Waals surface area contributed by atoms with Crippen LogP contribution >= 0.6 is 11.3 Å². The van der Waals surface area contributed by atoms with Gasteiger partial charge in [-0.05, 0) is 6.92 Å². The molecule has 0 bridgehead atoms. The summed E-state index contributed by atoms with van der Waals surface area (Å²) >= 11 is 1.04. The monoisotopic (exact) mass is 289 g/mol. The molecule has 1 aromatic rings. The number of sulfonamides is 1. The maximum Gasteiger partial charge on any atom is 0.311 e. The van der Waals surface area contributed by atoms with E-state index in [4.69, 9.17) is 5.26 Å². The van der Waals surface area contributed by atoms with Crippen molar-refractivity contribution in [2.24, 2.45) is 0 Å². The van der Waals surface area contributed by atoms with Gasteiger partial charge in [0, 0.05) is 5.38 Å². The van der Waals surface area contributed by atoms with Gasteiger partial charge in [-0.1, -0.05) is 0 Å². The Morgan fingerprint density at radius 1 is 1.72 bits per heavy atom. The maximum absolute atomic E-state index is 11.6. The second kappa shape index (κ2) is 5.79. The largest absolute Gasteiger partial charge is 0.469 e. The van der Waals surface area contributed by atoms with Gasteiger partial charge in [0.05, 0.1) is 25.3 Å². The van der Waals surface area contributed by atoms with Gasteiger partial charge in [-0.25, -0.2) is 13.4 Å². The number of aromatic nitrogens is 1. The Labute approximate surface area is 108 Å². The molecule has 9 heteroatoms. The summed E-state index contributed by atoms with van der Waals surface area (Å²) in [5, 5.41) is 9.05. The van der Waals surface area contributed by atoms with Crippen LogP contribution in [0.2, 0.25) is 0 Å². The fraction of sp³-hybridized carbons (Fsp3) is 0.444. The molecule has 98 valence electrons. The van der Waals surface area contributed by atoms with Gasteiger partial charge in [-0.2, -0.15) is 5.26 Å². The molecule has 0 aromatic carbocycles. The predicted octanol–water partition coefficient (Wildman–Crippen LogP) is 0.512. The molecule has 1 unspecified atom stereocenters. The van der Waals surface area contributed by atoms with Crippen LogP contribution in [0.1, 0.15) is 12.6 Å². The van der Waals surface area contributed by atoms with Gasteiger partial charge in [-0.15, -0.1) is 11.3 Å². The van der Waals surface area contributed by atoms with Crippen molar-refractivity contribution in [1.29, 1.82) is 5.26 Å². The Balaban J connectivity index is 2.77. The number of hydrogen-bond acceptors (Lipinski definition) is 7. The lowest BCUT2D eigenvalue weighted by Crippen LogP contribution is -2.23. The normalized spacial score (nSPS) is 12.5. The highest BCUT2D eigenvalue weighted by Crippen LogP contribution is 2.18. The molecule has 1 rings (SSSR count). The van der Waals surface area contributed by atoms with E-state index in [1.807, 2.05) is 0 Å². The minimum atomic E-state index is -3.76. The van der Waals surface area contributed by atoms with E-state index in [-0.39, 0.29) is 11.6 Å². The molecule has 1 N–H and O–H groups in total. The van der Waals surface area contributed by atoms with Crippen LogP contribution in [0.25, 0.3) is 0 Å². The van der Waals surface area contributed by atoms with Crippen LogP contribution in [0.15, 0.2) is 5.38 Å². The van der Waals surface area contributed by atoms with E-state index in [2.05, 4.69) is 14.4 Å². The molecule has 0 fully saturated rings. The average molecular weight is 289 g/mol. The molecular formula is C9H11N3O4S2. The van der Waals surface area contributed by atoms with Crippen molar-refractivity contribution in [1.82, 2.24) is 4.98 Å². The zero-order chi connectivity index (χ0) is 13.8. The van der Waals surface area contributed by atoms with Gasteiger partial charge in [-0.3, -0.25) is 9.52 Å². The molecule has 0 spiro atoms. The fourth-order valence-corrected chi connectivity index (χ4v) is 2.63. The number of hydrogen-bond donors (Lipinski definition) is 1. The molecule has 1 aromatic heterocycles. The topological polar surface area (TPSA) is 109 Å². The van der Waals surface area contributed by atoms with Gasteiger partial charge >= 0.3 is 5.97 Å². The lowest BCUT2D eigenvalue weighted by molar-refractivity contribution is -0.139. The van der Waals surface area contributed by atoms with Gasteiger partial charge < -0.3 is 4.74 Å². The third-order valence-corrected chi connectivity index (χ3v) is 4.43. The summed E-state index contributed by atoms with van der Waals surface area (Å²) in [5.41, 5.74) is 0.411. The smallest absolute Gasteiger partial charge is 0.311 e. The number of rotatable bonds is 5. The number of ether oxygens (including phenoxy) is 1. The second-order valence-electron chi connectivity index (χ2n) is 3.32. The summed E-state index contributed by atoms with van der Waals surface area (Å²) in [6.07, 6.45) is -0.0253. The quantitative estimate of drug-likeness (QED) is 0.791. The number of esters is 1. The van der Waals surface area contributed by atoms with Gasteiger partial charge in [0.15, 0.2) is 10.4 Å². The van der Waals surface area contributed by atoms with E-state index in [9.17, 15) is 13.2 Å². The number of methoxy groups -OCH3 is 1. The summed E-state index contributed by atoms with van der Waals surface area (Å²) in [6, 6.07) is 1.63. The summed E-state index contributed by atoms with van der Waals surface area (Å²) in [7, 11) is -2.51. The number of anilines is 1. The summed E-state index contributed by atoms with van der Waals surface area (Å²) in [4.78, 5) is 14.9. The Morgan fingerprint density at radius 3 is 2.94 bits per heavy atom. The summed E-state index contributed by atoms with van der Waals surface area (Å²) in [6.45, 7) is 1.27. The molecule has 0 aliphatic heterocycles. The van der Waals surface area contributed by atoms with Crippen molar-refractivity contribution in [2.45, 2.75) is 18.6 Å². The number of carbonyl (C=O) groups is 1. The Hall–Kier alpha value is -1.66. The first kappa shape index (κ1) is 14.4. The Morgan fingerprint density at radius 2 is 2.39 bits per heavy atom. The van der Waals surface area contributed by atoms with Crippen LogP contribution < -0.4 is 4.72 Å². The second-order valence-corrected chi connectivity index (χ2v) is 6.17. The van der Waals surface area contributed by atoms with E-state index in [1.165, 1.54) is 14.0 Å². The molecule has 0 saturated heterocycles. The van der Waals surface area contributed by atoms with E-state index < -0.39 is 21.2 Å². The van der Waals surface area contributed by atoms with Crippen molar-refractivity contribution in [3.8, 4) is 6.07 Å². The van der Waals surface area contributed by atoms with Crippen LogP contribution in [0.4, 0.5) is 5.13 Å². The molecule has 1 atom stereocenters. The van der Waals surface area contributed by atoms with Crippen LogP contribution in [0.5, 0.6) is 0 Å². The van der Waals surface area contributed by atoms with Gasteiger partial charge in [0.25, 0.3) is 10.0 Å². The minimum Gasteiger partial charge on any atom is -0.469 e. The molecule has 0 aliphatic rings. The standard InChI is InChI=1S/C9H11N3O4S2/c1-6(4-10)18(14,15)12-9-11-7(5-17-9)3-8(13)16-2/h5-6H,3H2,1-2H3,(H,11,12). The van der Waals surface area contributed by atoms with E-state index in [1.54, 1.807) is 11.4 Å². The van der Waals surface area contributed by atoms with Crippen molar-refractivity contribution in [2.75, 3.05) is 11.8 Å². The van der Waals surface area contributed by atoms with Gasteiger partial charge in [0.1, 0.15) is 0 Å². The zero-order valence-electron chi connectivity index (χ0n) is 9.71. The first-order chi connectivity index (χ1) is 8.39. The van der Waals surface area contributed by atoms with E-state index in [0.29, 0.717) is 5.69 Å². The van der Waals surface area contributed by atoms with Crippen LogP contribution in [-0.4, -0.2) is 31.7 Å². The highest BCUT2D eigenvalue weighted by atomic mass is 32.2. The number of thiazole rings is 1.